The second-order valence-corrected chi connectivity index (χ2v) is 7.65. The van der Waals surface area contributed by atoms with Crippen LogP contribution in [0.25, 0.3) is 0 Å². The van der Waals surface area contributed by atoms with E-state index < -0.39 is 9.96 Å². The van der Waals surface area contributed by atoms with Gasteiger partial charge in [0.1, 0.15) is 6.17 Å². The topological polar surface area (TPSA) is 41.1 Å². The van der Waals surface area contributed by atoms with Crippen LogP contribution in [0, 0.1) is 13.8 Å². The van der Waals surface area contributed by atoms with Crippen molar-refractivity contribution in [3.8, 4) is 0 Å². The zero-order valence-electron chi connectivity index (χ0n) is 12.7. The quantitative estimate of drug-likeness (QED) is 0.596. The van der Waals surface area contributed by atoms with Gasteiger partial charge in [0, 0.05) is 11.3 Å². The smallest absolute Gasteiger partial charge is 0.253 e. The van der Waals surface area contributed by atoms with Crippen molar-refractivity contribution in [1.29, 1.82) is 0 Å². The monoisotopic (exact) mass is 370 g/mol. The number of halogens is 3. The zero-order valence-corrected chi connectivity index (χ0v) is 15.0. The molecule has 0 spiro atoms. The minimum Gasteiger partial charge on any atom is -0.362 e. The van der Waals surface area contributed by atoms with Crippen LogP contribution in [-0.2, 0) is 0 Å². The van der Waals surface area contributed by atoms with Crippen LogP contribution < -0.4 is 10.6 Å². The minimum atomic E-state index is -1.71. The third-order valence-electron chi connectivity index (χ3n) is 3.32. The van der Waals surface area contributed by atoms with Crippen LogP contribution >= 0.6 is 34.8 Å². The molecule has 2 aromatic rings. The maximum absolute atomic E-state index is 12.5. The molecule has 23 heavy (non-hydrogen) atoms. The van der Waals surface area contributed by atoms with Gasteiger partial charge in [-0.3, -0.25) is 4.79 Å². The van der Waals surface area contributed by atoms with Crippen molar-refractivity contribution < 1.29 is 4.79 Å². The molecule has 0 radical (unpaired) electrons. The number of carbonyl (C=O) groups is 1. The van der Waals surface area contributed by atoms with E-state index in [2.05, 4.69) is 10.6 Å². The molecule has 0 aliphatic rings. The summed E-state index contributed by atoms with van der Waals surface area (Å²) >= 11 is 18.0. The highest BCUT2D eigenvalue weighted by molar-refractivity contribution is 6.68. The average molecular weight is 372 g/mol. The highest BCUT2D eigenvalue weighted by Crippen LogP contribution is 2.31. The number of nitrogens with one attached hydrogen (secondary N) is 2. The fourth-order valence-electron chi connectivity index (χ4n) is 2.14. The molecular formula is C17H17Cl3N2O. The van der Waals surface area contributed by atoms with E-state index in [1.165, 1.54) is 0 Å². The summed E-state index contributed by atoms with van der Waals surface area (Å²) in [6.45, 7) is 3.81. The Kier molecular flexibility index (Phi) is 5.79. The van der Waals surface area contributed by atoms with Crippen molar-refractivity contribution >= 4 is 46.4 Å². The van der Waals surface area contributed by atoms with Gasteiger partial charge in [0.05, 0.1) is 0 Å². The highest BCUT2D eigenvalue weighted by atomic mass is 35.6. The lowest BCUT2D eigenvalue weighted by Crippen LogP contribution is -2.49. The van der Waals surface area contributed by atoms with Crippen LogP contribution in [0.2, 0.25) is 0 Å². The Hall–Kier alpha value is -1.42. The van der Waals surface area contributed by atoms with Gasteiger partial charge in [-0.2, -0.15) is 0 Å². The highest BCUT2D eigenvalue weighted by Gasteiger charge is 2.34. The van der Waals surface area contributed by atoms with Crippen LogP contribution in [0.5, 0.6) is 0 Å². The number of alkyl halides is 3. The SMILES string of the molecule is Cc1cccc(N[C@H](NC(=O)c2ccccc2C)C(Cl)(Cl)Cl)c1. The van der Waals surface area contributed by atoms with E-state index in [9.17, 15) is 4.79 Å². The molecule has 0 fully saturated rings. The van der Waals surface area contributed by atoms with E-state index >= 15 is 0 Å². The van der Waals surface area contributed by atoms with Gasteiger partial charge in [-0.25, -0.2) is 0 Å². The molecule has 0 heterocycles. The Morgan fingerprint density at radius 1 is 1.04 bits per heavy atom. The molecule has 0 aliphatic carbocycles. The third kappa shape index (κ3) is 5.03. The molecule has 2 rings (SSSR count). The molecule has 122 valence electrons. The van der Waals surface area contributed by atoms with Crippen LogP contribution in [0.1, 0.15) is 21.5 Å². The molecule has 0 aromatic heterocycles. The number of hydrogen-bond acceptors (Lipinski definition) is 2. The first-order chi connectivity index (χ1) is 10.8. The van der Waals surface area contributed by atoms with Crippen molar-refractivity contribution in [1.82, 2.24) is 5.32 Å². The number of rotatable bonds is 4. The fourth-order valence-corrected chi connectivity index (χ4v) is 2.47. The third-order valence-corrected chi connectivity index (χ3v) is 3.98. The summed E-state index contributed by atoms with van der Waals surface area (Å²) in [5.74, 6) is -0.306. The van der Waals surface area contributed by atoms with Gasteiger partial charge in [-0.1, -0.05) is 65.1 Å². The molecule has 0 aliphatic heterocycles. The molecule has 0 unspecified atom stereocenters. The molecule has 1 atom stereocenters. The van der Waals surface area contributed by atoms with E-state index in [-0.39, 0.29) is 5.91 Å². The first-order valence-corrected chi connectivity index (χ1v) is 8.17. The van der Waals surface area contributed by atoms with Crippen molar-refractivity contribution in [2.75, 3.05) is 5.32 Å². The van der Waals surface area contributed by atoms with Crippen LogP contribution in [0.15, 0.2) is 48.5 Å². The molecule has 0 bridgehead atoms. The number of benzene rings is 2. The second kappa shape index (κ2) is 7.43. The van der Waals surface area contributed by atoms with Crippen LogP contribution in [-0.4, -0.2) is 15.9 Å². The number of anilines is 1. The lowest BCUT2D eigenvalue weighted by Gasteiger charge is -2.27. The molecule has 0 saturated heterocycles. The van der Waals surface area contributed by atoms with E-state index in [1.54, 1.807) is 12.1 Å². The van der Waals surface area contributed by atoms with Crippen molar-refractivity contribution in [2.45, 2.75) is 23.8 Å². The summed E-state index contributed by atoms with van der Waals surface area (Å²) < 4.78 is -1.71. The first-order valence-electron chi connectivity index (χ1n) is 7.04. The Morgan fingerprint density at radius 2 is 1.74 bits per heavy atom. The van der Waals surface area contributed by atoms with Crippen molar-refractivity contribution in [2.24, 2.45) is 0 Å². The predicted octanol–water partition coefficient (Wildman–Crippen LogP) is 4.84. The number of aryl methyl sites for hydroxylation is 2. The van der Waals surface area contributed by atoms with E-state index in [1.807, 2.05) is 50.2 Å². The van der Waals surface area contributed by atoms with Gasteiger partial charge in [0.25, 0.3) is 5.91 Å². The van der Waals surface area contributed by atoms with E-state index in [4.69, 9.17) is 34.8 Å². The van der Waals surface area contributed by atoms with E-state index in [0.717, 1.165) is 16.8 Å². The van der Waals surface area contributed by atoms with Crippen LogP contribution in [0.3, 0.4) is 0 Å². The van der Waals surface area contributed by atoms with Gasteiger partial charge in [0.15, 0.2) is 0 Å². The fraction of sp³-hybridized carbons (Fsp3) is 0.235. The Morgan fingerprint density at radius 3 is 2.35 bits per heavy atom. The largest absolute Gasteiger partial charge is 0.362 e. The standard InChI is InChI=1S/C17H17Cl3N2O/c1-11-6-5-8-13(10-11)21-16(17(18,19)20)22-15(23)14-9-4-3-7-12(14)2/h3-10,16,21H,1-2H3,(H,22,23)/t16-/m1/s1. The summed E-state index contributed by atoms with van der Waals surface area (Å²) in [7, 11) is 0. The molecule has 6 heteroatoms. The second-order valence-electron chi connectivity index (χ2n) is 5.28. The predicted molar refractivity (Wildman–Crippen MR) is 97.5 cm³/mol. The maximum atomic E-state index is 12.5. The lowest BCUT2D eigenvalue weighted by atomic mass is 10.1. The number of amides is 1. The molecule has 2 aromatic carbocycles. The lowest BCUT2D eigenvalue weighted by molar-refractivity contribution is 0.0941. The molecule has 1 amide bonds. The Labute approximate surface area is 150 Å². The number of carbonyl (C=O) groups excluding carboxylic acids is 1. The Balaban J connectivity index is 2.20. The molecule has 0 saturated carbocycles. The molecule has 3 nitrogen and oxygen atoms in total. The summed E-state index contributed by atoms with van der Waals surface area (Å²) in [5, 5.41) is 5.79. The summed E-state index contributed by atoms with van der Waals surface area (Å²) in [6, 6.07) is 14.8. The summed E-state index contributed by atoms with van der Waals surface area (Å²) in [5.41, 5.74) is 3.20. The summed E-state index contributed by atoms with van der Waals surface area (Å²) in [4.78, 5) is 12.5. The van der Waals surface area contributed by atoms with Gasteiger partial charge >= 0.3 is 0 Å². The molecular weight excluding hydrogens is 355 g/mol. The normalized spacial score (nSPS) is 12.6. The Bertz CT molecular complexity index is 698. The van der Waals surface area contributed by atoms with Crippen molar-refractivity contribution in [3.63, 3.8) is 0 Å². The zero-order chi connectivity index (χ0) is 17.0. The number of hydrogen-bond donors (Lipinski definition) is 2. The average Bonchev–Trinajstić information content (AvgIpc) is 2.46. The van der Waals surface area contributed by atoms with E-state index in [0.29, 0.717) is 5.56 Å². The molecule has 2 N–H and O–H groups in total. The maximum Gasteiger partial charge on any atom is 0.253 e. The van der Waals surface area contributed by atoms with Gasteiger partial charge in [-0.15, -0.1) is 0 Å². The van der Waals surface area contributed by atoms with Crippen molar-refractivity contribution in [3.05, 3.63) is 65.2 Å². The van der Waals surface area contributed by atoms with Crippen LogP contribution in [0.4, 0.5) is 5.69 Å². The first kappa shape index (κ1) is 17.9. The van der Waals surface area contributed by atoms with Gasteiger partial charge < -0.3 is 10.6 Å². The van der Waals surface area contributed by atoms with Gasteiger partial charge in [0.2, 0.25) is 3.79 Å². The summed E-state index contributed by atoms with van der Waals surface area (Å²) in [6.07, 6.45) is -0.874. The minimum absolute atomic E-state index is 0.306. The van der Waals surface area contributed by atoms with Gasteiger partial charge in [-0.05, 0) is 43.2 Å².